The molecule has 51 valence electrons. The Morgan fingerprint density at radius 2 is 2.33 bits per heavy atom. The second kappa shape index (κ2) is 4.56. The molecule has 0 rings (SSSR count). The lowest BCUT2D eigenvalue weighted by atomic mass is 10.3. The van der Waals surface area contributed by atoms with Crippen molar-refractivity contribution in [2.45, 2.75) is 13.8 Å². The molecule has 0 spiro atoms. The molecule has 0 aliphatic heterocycles. The minimum absolute atomic E-state index is 0.0529. The molecular weight excluding hydrogens is 136 g/mol. The highest BCUT2D eigenvalue weighted by molar-refractivity contribution is 8.13. The first-order chi connectivity index (χ1) is 4.16. The van der Waals surface area contributed by atoms with Crippen molar-refractivity contribution < 1.29 is 9.59 Å². The predicted octanol–water partition coefficient (Wildman–Crippen LogP) is 1.01. The van der Waals surface area contributed by atoms with Crippen LogP contribution >= 0.6 is 11.8 Å². The minimum Gasteiger partial charge on any atom is -0.291 e. The van der Waals surface area contributed by atoms with Crippen LogP contribution in [0.1, 0.15) is 13.8 Å². The predicted molar refractivity (Wildman–Crippen MR) is 38.0 cm³/mol. The van der Waals surface area contributed by atoms with E-state index in [4.69, 9.17) is 0 Å². The van der Waals surface area contributed by atoms with Crippen LogP contribution in [-0.4, -0.2) is 17.2 Å². The molecule has 1 radical (unpaired) electrons. The number of carbonyl (C=O) groups is 1. The van der Waals surface area contributed by atoms with E-state index in [0.717, 1.165) is 11.8 Å². The van der Waals surface area contributed by atoms with Gasteiger partial charge in [0.1, 0.15) is 0 Å². The van der Waals surface area contributed by atoms with Gasteiger partial charge in [-0.15, -0.1) is 0 Å². The monoisotopic (exact) mass is 145 g/mol. The van der Waals surface area contributed by atoms with Crippen LogP contribution in [0.15, 0.2) is 0 Å². The highest BCUT2D eigenvalue weighted by Gasteiger charge is 2.01. The SMILES string of the molecule is CC(=O)SC[C@H](C)[C]=O. The number of hydrogen-bond acceptors (Lipinski definition) is 3. The van der Waals surface area contributed by atoms with Crippen molar-refractivity contribution in [2.75, 3.05) is 5.75 Å². The highest BCUT2D eigenvalue weighted by Crippen LogP contribution is 2.05. The summed E-state index contributed by atoms with van der Waals surface area (Å²) in [6, 6.07) is 0. The smallest absolute Gasteiger partial charge is 0.202 e. The third-order valence-electron chi connectivity index (χ3n) is 0.738. The lowest BCUT2D eigenvalue weighted by Gasteiger charge is -1.96. The van der Waals surface area contributed by atoms with E-state index >= 15 is 0 Å². The molecule has 0 heterocycles. The fraction of sp³-hybridized carbons (Fsp3) is 0.667. The third-order valence-corrected chi connectivity index (χ3v) is 1.81. The van der Waals surface area contributed by atoms with Gasteiger partial charge in [0.2, 0.25) is 6.29 Å². The Hall–Kier alpha value is -0.310. The van der Waals surface area contributed by atoms with Gasteiger partial charge in [0, 0.05) is 18.6 Å². The van der Waals surface area contributed by atoms with E-state index in [1.54, 1.807) is 13.2 Å². The van der Waals surface area contributed by atoms with Crippen molar-refractivity contribution in [3.8, 4) is 0 Å². The summed E-state index contributed by atoms with van der Waals surface area (Å²) in [5, 5.41) is 0.0529. The maximum Gasteiger partial charge on any atom is 0.202 e. The van der Waals surface area contributed by atoms with Gasteiger partial charge in [-0.2, -0.15) is 0 Å². The first kappa shape index (κ1) is 8.69. The lowest BCUT2D eigenvalue weighted by molar-refractivity contribution is -0.109. The molecule has 0 bridgehead atoms. The van der Waals surface area contributed by atoms with Crippen molar-refractivity contribution in [1.82, 2.24) is 0 Å². The van der Waals surface area contributed by atoms with Gasteiger partial charge < -0.3 is 0 Å². The summed E-state index contributed by atoms with van der Waals surface area (Å²) < 4.78 is 0. The zero-order valence-electron chi connectivity index (χ0n) is 5.51. The lowest BCUT2D eigenvalue weighted by Crippen LogP contribution is -2.00. The molecule has 9 heavy (non-hydrogen) atoms. The van der Waals surface area contributed by atoms with E-state index in [2.05, 4.69) is 0 Å². The summed E-state index contributed by atoms with van der Waals surface area (Å²) in [5.41, 5.74) is 0. The van der Waals surface area contributed by atoms with Gasteiger partial charge in [-0.05, 0) is 0 Å². The van der Waals surface area contributed by atoms with Crippen LogP contribution in [0.25, 0.3) is 0 Å². The van der Waals surface area contributed by atoms with Crippen molar-refractivity contribution in [3.05, 3.63) is 0 Å². The molecule has 0 aliphatic rings. The van der Waals surface area contributed by atoms with Crippen LogP contribution in [0.5, 0.6) is 0 Å². The van der Waals surface area contributed by atoms with Gasteiger partial charge in [-0.3, -0.25) is 9.59 Å². The van der Waals surface area contributed by atoms with Crippen LogP contribution in [-0.2, 0) is 9.59 Å². The Morgan fingerprint density at radius 1 is 1.78 bits per heavy atom. The van der Waals surface area contributed by atoms with Crippen LogP contribution in [0.2, 0.25) is 0 Å². The van der Waals surface area contributed by atoms with Gasteiger partial charge in [0.05, 0.1) is 0 Å². The van der Waals surface area contributed by atoms with E-state index in [1.165, 1.54) is 6.92 Å². The Labute approximate surface area is 59.0 Å². The number of thioether (sulfide) groups is 1. The Balaban J connectivity index is 3.26. The third kappa shape index (κ3) is 5.56. The van der Waals surface area contributed by atoms with Gasteiger partial charge in [-0.25, -0.2) is 0 Å². The molecule has 0 unspecified atom stereocenters. The average Bonchev–Trinajstić information content (AvgIpc) is 1.83. The first-order valence-electron chi connectivity index (χ1n) is 2.68. The molecule has 0 amide bonds. The van der Waals surface area contributed by atoms with E-state index in [1.807, 2.05) is 0 Å². The summed E-state index contributed by atoms with van der Waals surface area (Å²) in [6.45, 7) is 3.23. The molecule has 0 aromatic heterocycles. The van der Waals surface area contributed by atoms with E-state index < -0.39 is 0 Å². The zero-order chi connectivity index (χ0) is 7.28. The van der Waals surface area contributed by atoms with E-state index in [-0.39, 0.29) is 11.0 Å². The number of rotatable bonds is 3. The molecule has 0 aliphatic carbocycles. The Morgan fingerprint density at radius 3 is 2.67 bits per heavy atom. The van der Waals surface area contributed by atoms with Crippen molar-refractivity contribution in [3.63, 3.8) is 0 Å². The molecule has 0 saturated carbocycles. The second-order valence-corrected chi connectivity index (χ2v) is 3.02. The molecule has 0 aromatic carbocycles. The normalized spacial score (nSPS) is 12.7. The molecule has 0 aromatic rings. The molecule has 0 fully saturated rings. The van der Waals surface area contributed by atoms with Crippen LogP contribution in [0, 0.1) is 5.92 Å². The topological polar surface area (TPSA) is 34.1 Å². The maximum atomic E-state index is 10.3. The molecule has 1 atom stereocenters. The Kier molecular flexibility index (Phi) is 4.40. The van der Waals surface area contributed by atoms with Crippen molar-refractivity contribution >= 4 is 23.2 Å². The van der Waals surface area contributed by atoms with Gasteiger partial charge >= 0.3 is 0 Å². The van der Waals surface area contributed by atoms with Crippen LogP contribution in [0.3, 0.4) is 0 Å². The average molecular weight is 145 g/mol. The standard InChI is InChI=1S/C6H9O2S/c1-5(3-7)4-9-6(2)8/h5H,4H2,1-2H3/t5-/m1/s1. The minimum atomic E-state index is -0.126. The molecule has 0 N–H and O–H groups in total. The number of carbonyl (C=O) groups excluding carboxylic acids is 2. The van der Waals surface area contributed by atoms with Crippen molar-refractivity contribution in [1.29, 1.82) is 0 Å². The van der Waals surface area contributed by atoms with Gasteiger partial charge in [0.25, 0.3) is 0 Å². The van der Waals surface area contributed by atoms with E-state index in [0.29, 0.717) is 5.75 Å². The first-order valence-corrected chi connectivity index (χ1v) is 3.66. The molecule has 0 saturated heterocycles. The zero-order valence-corrected chi connectivity index (χ0v) is 6.33. The summed E-state index contributed by atoms with van der Waals surface area (Å²) in [5.74, 6) is 0.428. The summed E-state index contributed by atoms with van der Waals surface area (Å²) in [7, 11) is 0. The summed E-state index contributed by atoms with van der Waals surface area (Å²) in [6.07, 6.45) is 1.80. The molecule has 3 heteroatoms. The van der Waals surface area contributed by atoms with E-state index in [9.17, 15) is 9.59 Å². The maximum absolute atomic E-state index is 10.3. The van der Waals surface area contributed by atoms with Crippen LogP contribution in [0.4, 0.5) is 0 Å². The largest absolute Gasteiger partial charge is 0.291 e. The second-order valence-electron chi connectivity index (χ2n) is 1.82. The number of hydrogen-bond donors (Lipinski definition) is 0. The van der Waals surface area contributed by atoms with Gasteiger partial charge in [0.15, 0.2) is 5.12 Å². The highest BCUT2D eigenvalue weighted by atomic mass is 32.2. The molecular formula is C6H9O2S. The quantitative estimate of drug-likeness (QED) is 0.594. The fourth-order valence-corrected chi connectivity index (χ4v) is 0.829. The summed E-state index contributed by atoms with van der Waals surface area (Å²) >= 11 is 1.16. The van der Waals surface area contributed by atoms with Gasteiger partial charge in [-0.1, -0.05) is 18.7 Å². The van der Waals surface area contributed by atoms with Crippen molar-refractivity contribution in [2.24, 2.45) is 5.92 Å². The fourth-order valence-electron chi connectivity index (χ4n) is 0.276. The van der Waals surface area contributed by atoms with Crippen LogP contribution < -0.4 is 0 Å². The summed E-state index contributed by atoms with van der Waals surface area (Å²) in [4.78, 5) is 20.2. The molecule has 2 nitrogen and oxygen atoms in total. The Bertz CT molecular complexity index is 112.